The molecular formula is C33H68O6Si2. The first-order valence-electron chi connectivity index (χ1n) is 16.2. The Morgan fingerprint density at radius 1 is 0.805 bits per heavy atom. The zero-order valence-electron chi connectivity index (χ0n) is 29.9. The second-order valence-corrected chi connectivity index (χ2v) is 24.7. The lowest BCUT2D eigenvalue weighted by atomic mass is 9.73. The molecule has 41 heavy (non-hydrogen) atoms. The second kappa shape index (κ2) is 16.5. The molecule has 0 aromatic rings. The number of hydrogen-bond acceptors (Lipinski definition) is 6. The first kappa shape index (κ1) is 40.5. The van der Waals surface area contributed by atoms with Crippen molar-refractivity contribution in [3.05, 3.63) is 0 Å². The SMILES string of the molecule is CCCCOC[C@H](C)[C@H](O[Si](C)(C)C(C)(C)C)[C@@H](C)C(=O)C(C)(C)[C@H](CC(=O)OC(C)(C)C)O[Si](CC)(CC)CC. The van der Waals surface area contributed by atoms with Crippen LogP contribution in [0.1, 0.15) is 116 Å². The summed E-state index contributed by atoms with van der Waals surface area (Å²) in [7, 11) is -4.33. The highest BCUT2D eigenvalue weighted by atomic mass is 28.4. The van der Waals surface area contributed by atoms with Gasteiger partial charge in [-0.2, -0.15) is 0 Å². The van der Waals surface area contributed by atoms with E-state index < -0.39 is 39.7 Å². The van der Waals surface area contributed by atoms with E-state index in [4.69, 9.17) is 18.3 Å². The van der Waals surface area contributed by atoms with Crippen molar-refractivity contribution in [2.75, 3.05) is 13.2 Å². The first-order valence-corrected chi connectivity index (χ1v) is 21.7. The zero-order valence-corrected chi connectivity index (χ0v) is 31.9. The molecule has 0 aliphatic rings. The van der Waals surface area contributed by atoms with E-state index in [9.17, 15) is 9.59 Å². The van der Waals surface area contributed by atoms with Crippen LogP contribution in [-0.2, 0) is 27.9 Å². The Kier molecular flexibility index (Phi) is 16.3. The molecule has 0 fully saturated rings. The maximum atomic E-state index is 14.6. The topological polar surface area (TPSA) is 71.1 Å². The summed E-state index contributed by atoms with van der Waals surface area (Å²) in [5, 5.41) is 0.00324. The van der Waals surface area contributed by atoms with Gasteiger partial charge < -0.3 is 18.3 Å². The summed E-state index contributed by atoms with van der Waals surface area (Å²) in [6, 6.07) is 2.82. The normalized spacial score (nSPS) is 16.7. The van der Waals surface area contributed by atoms with Crippen LogP contribution in [-0.4, -0.2) is 59.4 Å². The lowest BCUT2D eigenvalue weighted by molar-refractivity contribution is -0.159. The molecule has 0 N–H and O–H groups in total. The number of esters is 1. The third-order valence-electron chi connectivity index (χ3n) is 9.26. The number of ketones is 1. The summed E-state index contributed by atoms with van der Waals surface area (Å²) in [6.45, 7) is 34.7. The minimum Gasteiger partial charge on any atom is -0.460 e. The Bertz CT molecular complexity index is 784. The van der Waals surface area contributed by atoms with Crippen LogP contribution in [0.25, 0.3) is 0 Å². The predicted molar refractivity (Wildman–Crippen MR) is 177 cm³/mol. The van der Waals surface area contributed by atoms with Gasteiger partial charge in [-0.1, -0.05) is 82.6 Å². The van der Waals surface area contributed by atoms with Crippen LogP contribution in [0.5, 0.6) is 0 Å². The quantitative estimate of drug-likeness (QED) is 0.0818. The minimum absolute atomic E-state index is 0.00324. The Morgan fingerprint density at radius 2 is 1.32 bits per heavy atom. The van der Waals surface area contributed by atoms with Crippen LogP contribution >= 0.6 is 0 Å². The van der Waals surface area contributed by atoms with Crippen LogP contribution in [0, 0.1) is 17.3 Å². The fourth-order valence-corrected chi connectivity index (χ4v) is 9.47. The van der Waals surface area contributed by atoms with Crippen molar-refractivity contribution in [1.29, 1.82) is 0 Å². The summed E-state index contributed by atoms with van der Waals surface area (Å²) in [5.74, 6) is -0.610. The third-order valence-corrected chi connectivity index (χ3v) is 18.4. The van der Waals surface area contributed by atoms with Crippen LogP contribution in [0.4, 0.5) is 0 Å². The molecule has 0 spiro atoms. The van der Waals surface area contributed by atoms with E-state index in [-0.39, 0.29) is 35.2 Å². The number of hydrogen-bond donors (Lipinski definition) is 0. The highest BCUT2D eigenvalue weighted by molar-refractivity contribution is 6.74. The lowest BCUT2D eigenvalue weighted by Crippen LogP contribution is -2.54. The molecule has 8 heteroatoms. The Hall–Kier alpha value is -0.546. The number of unbranched alkanes of at least 4 members (excludes halogenated alkanes) is 1. The molecule has 0 amide bonds. The monoisotopic (exact) mass is 616 g/mol. The summed E-state index contributed by atoms with van der Waals surface area (Å²) in [4.78, 5) is 27.7. The third kappa shape index (κ3) is 12.5. The van der Waals surface area contributed by atoms with E-state index >= 15 is 0 Å². The zero-order chi connectivity index (χ0) is 32.4. The first-order chi connectivity index (χ1) is 18.5. The van der Waals surface area contributed by atoms with E-state index in [2.05, 4.69) is 68.5 Å². The smallest absolute Gasteiger partial charge is 0.308 e. The van der Waals surface area contributed by atoms with Crippen molar-refractivity contribution >= 4 is 28.4 Å². The van der Waals surface area contributed by atoms with Gasteiger partial charge in [0.25, 0.3) is 0 Å². The lowest BCUT2D eigenvalue weighted by Gasteiger charge is -2.45. The molecule has 0 aromatic heterocycles. The van der Waals surface area contributed by atoms with Gasteiger partial charge in [0, 0.05) is 23.9 Å². The number of rotatable bonds is 19. The van der Waals surface area contributed by atoms with Gasteiger partial charge in [0.05, 0.1) is 25.2 Å². The van der Waals surface area contributed by atoms with Crippen molar-refractivity contribution in [3.8, 4) is 0 Å². The molecule has 0 aliphatic carbocycles. The molecule has 0 heterocycles. The molecule has 0 rings (SSSR count). The molecule has 6 nitrogen and oxygen atoms in total. The van der Waals surface area contributed by atoms with Gasteiger partial charge in [-0.15, -0.1) is 0 Å². The number of carbonyl (C=O) groups excluding carboxylic acids is 2. The van der Waals surface area contributed by atoms with Gasteiger partial charge in [-0.25, -0.2) is 0 Å². The van der Waals surface area contributed by atoms with Crippen molar-refractivity contribution < 1.29 is 27.9 Å². The van der Waals surface area contributed by atoms with E-state index in [0.717, 1.165) is 31.0 Å². The second-order valence-electron chi connectivity index (χ2n) is 15.3. The van der Waals surface area contributed by atoms with E-state index in [1.807, 2.05) is 41.5 Å². The standard InChI is InChI=1S/C33H68O6Si2/c1-17-21-22-36-24-25(5)29(39-40(15,16)32(10,11)12)26(6)30(35)33(13,14)27(23-28(34)37-31(7,8)9)38-41(18-2,19-3)20-4/h25-27,29H,17-24H2,1-16H3/t25-,26+,27-,29-/m0/s1. The van der Waals surface area contributed by atoms with Gasteiger partial charge in [0.1, 0.15) is 11.4 Å². The van der Waals surface area contributed by atoms with Crippen LogP contribution in [0.15, 0.2) is 0 Å². The molecule has 0 unspecified atom stereocenters. The van der Waals surface area contributed by atoms with Crippen LogP contribution in [0.2, 0.25) is 36.3 Å². The summed E-state index contributed by atoms with van der Waals surface area (Å²) in [5.41, 5.74) is -1.51. The average Bonchev–Trinajstić information content (AvgIpc) is 2.85. The molecule has 0 saturated heterocycles. The predicted octanol–water partition coefficient (Wildman–Crippen LogP) is 9.18. The van der Waals surface area contributed by atoms with Gasteiger partial charge in [0.15, 0.2) is 16.6 Å². The van der Waals surface area contributed by atoms with Crippen LogP contribution in [0.3, 0.4) is 0 Å². The molecule has 0 aliphatic heterocycles. The van der Waals surface area contributed by atoms with Crippen molar-refractivity contribution in [2.45, 2.75) is 170 Å². The average molecular weight is 617 g/mol. The molecule has 0 aromatic carbocycles. The number of Topliss-reactive ketones (excluding diaryl/α,β-unsaturated/α-hetero) is 1. The molecule has 0 saturated carbocycles. The van der Waals surface area contributed by atoms with Gasteiger partial charge in [-0.3, -0.25) is 9.59 Å². The summed E-state index contributed by atoms with van der Waals surface area (Å²) in [6.07, 6.45) is 1.30. The van der Waals surface area contributed by atoms with Gasteiger partial charge >= 0.3 is 5.97 Å². The molecule has 0 bridgehead atoms. The highest BCUT2D eigenvalue weighted by Gasteiger charge is 2.49. The summed E-state index contributed by atoms with van der Waals surface area (Å²) < 4.78 is 25.7. The van der Waals surface area contributed by atoms with Crippen molar-refractivity contribution in [2.24, 2.45) is 17.3 Å². The fraction of sp³-hybridized carbons (Fsp3) is 0.939. The maximum absolute atomic E-state index is 14.6. The van der Waals surface area contributed by atoms with E-state index in [1.54, 1.807) is 0 Å². The van der Waals surface area contributed by atoms with Crippen molar-refractivity contribution in [1.82, 2.24) is 0 Å². The van der Waals surface area contributed by atoms with Crippen LogP contribution < -0.4 is 0 Å². The highest BCUT2D eigenvalue weighted by Crippen LogP contribution is 2.42. The number of ether oxygens (including phenoxy) is 2. The summed E-state index contributed by atoms with van der Waals surface area (Å²) >= 11 is 0. The van der Waals surface area contributed by atoms with Crippen molar-refractivity contribution in [3.63, 3.8) is 0 Å². The van der Waals surface area contributed by atoms with E-state index in [0.29, 0.717) is 13.2 Å². The fourth-order valence-electron chi connectivity index (χ4n) is 5.01. The Balaban J connectivity index is 6.49. The molecule has 244 valence electrons. The largest absolute Gasteiger partial charge is 0.460 e. The Morgan fingerprint density at radius 3 is 1.73 bits per heavy atom. The maximum Gasteiger partial charge on any atom is 0.308 e. The minimum atomic E-state index is -2.19. The van der Waals surface area contributed by atoms with Gasteiger partial charge in [0.2, 0.25) is 0 Å². The van der Waals surface area contributed by atoms with Gasteiger partial charge in [-0.05, 0) is 63.5 Å². The molecule has 0 radical (unpaired) electrons. The number of carbonyl (C=O) groups is 2. The Labute approximate surface area is 256 Å². The molecular weight excluding hydrogens is 549 g/mol. The molecule has 4 atom stereocenters. The van der Waals surface area contributed by atoms with E-state index in [1.165, 1.54) is 0 Å².